The van der Waals surface area contributed by atoms with E-state index in [0.717, 1.165) is 72.5 Å². The quantitative estimate of drug-likeness (QED) is 0.330. The summed E-state index contributed by atoms with van der Waals surface area (Å²) in [4.78, 5) is 23.7. The van der Waals surface area contributed by atoms with Crippen molar-refractivity contribution in [3.63, 3.8) is 0 Å². The maximum Gasteiger partial charge on any atom is 0.254 e. The molecule has 7 heteroatoms. The number of ether oxygens (including phenoxy) is 2. The molecule has 0 aliphatic carbocycles. The molecule has 38 heavy (non-hydrogen) atoms. The van der Waals surface area contributed by atoms with Gasteiger partial charge in [-0.2, -0.15) is 0 Å². The second kappa shape index (κ2) is 10.1. The highest BCUT2D eigenvalue weighted by molar-refractivity contribution is 6.83. The first kappa shape index (κ1) is 25.0. The van der Waals surface area contributed by atoms with Crippen LogP contribution < -0.4 is 9.47 Å². The first-order valence-electron chi connectivity index (χ1n) is 13.8. The molecule has 2 fully saturated rings. The van der Waals surface area contributed by atoms with Gasteiger partial charge in [-0.3, -0.25) is 4.79 Å². The second-order valence-electron chi connectivity index (χ2n) is 11.7. The average molecular weight is 526 g/mol. The lowest BCUT2D eigenvalue weighted by Crippen LogP contribution is -2.42. The number of pyridine rings is 1. The summed E-state index contributed by atoms with van der Waals surface area (Å²) in [7, 11) is -1.60. The van der Waals surface area contributed by atoms with Crippen molar-refractivity contribution in [3.05, 3.63) is 53.7 Å². The molecule has 3 aliphatic rings. The number of aromatic nitrogens is 1. The fourth-order valence-corrected chi connectivity index (χ4v) is 6.19. The number of amides is 1. The summed E-state index contributed by atoms with van der Waals surface area (Å²) in [5, 5.41) is 0.871. The van der Waals surface area contributed by atoms with Crippen LogP contribution in [0.1, 0.15) is 41.7 Å². The molecule has 6 nitrogen and oxygen atoms in total. The Morgan fingerprint density at radius 3 is 2.55 bits per heavy atom. The van der Waals surface area contributed by atoms with E-state index in [1.807, 2.05) is 30.3 Å². The number of carbonyl (C=O) groups excluding carboxylic acids is 1. The summed E-state index contributed by atoms with van der Waals surface area (Å²) in [6, 6.07) is 14.3. The molecule has 2 saturated heterocycles. The van der Waals surface area contributed by atoms with Gasteiger partial charge in [0.2, 0.25) is 6.79 Å². The predicted molar refractivity (Wildman–Crippen MR) is 153 cm³/mol. The lowest BCUT2D eigenvalue weighted by Gasteiger charge is -2.29. The Labute approximate surface area is 225 Å². The van der Waals surface area contributed by atoms with Crippen molar-refractivity contribution in [2.24, 2.45) is 0 Å². The number of likely N-dealkylation sites (tertiary alicyclic amines) is 2. The third-order valence-electron chi connectivity index (χ3n) is 7.62. The molecule has 1 aromatic heterocycles. The molecule has 4 heterocycles. The number of hydrogen-bond donors (Lipinski definition) is 0. The SMILES string of the molecule is C[Si](C)(C)C#Cc1cc(C(=O)N2CCC[C@H]2CN2CCCC2)c2cc(-c3ccc4c(c3)OCO4)ccc2n1. The predicted octanol–water partition coefficient (Wildman–Crippen LogP) is 5.56. The number of fused-ring (bicyclic) bond motifs is 2. The van der Waals surface area contributed by atoms with Crippen molar-refractivity contribution in [3.8, 4) is 34.1 Å². The van der Waals surface area contributed by atoms with E-state index in [1.54, 1.807) is 0 Å². The Bertz CT molecular complexity index is 1450. The molecular formula is C31H35N3O3Si. The Kier molecular flexibility index (Phi) is 6.63. The van der Waals surface area contributed by atoms with Crippen LogP contribution in [0, 0.1) is 11.5 Å². The van der Waals surface area contributed by atoms with Gasteiger partial charge in [0.1, 0.15) is 13.8 Å². The van der Waals surface area contributed by atoms with E-state index < -0.39 is 8.07 Å². The topological polar surface area (TPSA) is 54.9 Å². The monoisotopic (exact) mass is 525 g/mol. The Morgan fingerprint density at radius 1 is 0.974 bits per heavy atom. The summed E-state index contributed by atoms with van der Waals surface area (Å²) in [6.07, 6.45) is 4.64. The third-order valence-corrected chi connectivity index (χ3v) is 8.49. The van der Waals surface area contributed by atoms with Crippen LogP contribution in [0.15, 0.2) is 42.5 Å². The molecule has 0 spiro atoms. The molecule has 196 valence electrons. The number of benzene rings is 2. The highest BCUT2D eigenvalue weighted by atomic mass is 28.3. The van der Waals surface area contributed by atoms with Gasteiger partial charge in [0.15, 0.2) is 11.5 Å². The van der Waals surface area contributed by atoms with Gasteiger partial charge in [0.25, 0.3) is 5.91 Å². The minimum Gasteiger partial charge on any atom is -0.454 e. The lowest BCUT2D eigenvalue weighted by atomic mass is 9.99. The molecule has 3 aliphatic heterocycles. The highest BCUT2D eigenvalue weighted by Gasteiger charge is 2.32. The zero-order valence-corrected chi connectivity index (χ0v) is 23.5. The summed E-state index contributed by atoms with van der Waals surface area (Å²) in [6.45, 7) is 11.0. The minimum atomic E-state index is -1.60. The highest BCUT2D eigenvalue weighted by Crippen LogP contribution is 2.37. The van der Waals surface area contributed by atoms with Crippen LogP contribution in [-0.4, -0.2) is 67.8 Å². The van der Waals surface area contributed by atoms with Crippen LogP contribution in [0.3, 0.4) is 0 Å². The van der Waals surface area contributed by atoms with Crippen LogP contribution in [0.4, 0.5) is 0 Å². The summed E-state index contributed by atoms with van der Waals surface area (Å²) in [5.74, 6) is 4.90. The number of hydrogen-bond acceptors (Lipinski definition) is 5. The molecular weight excluding hydrogens is 490 g/mol. The molecule has 0 bridgehead atoms. The third kappa shape index (κ3) is 5.16. The average Bonchev–Trinajstić information content (AvgIpc) is 3.68. The molecule has 1 amide bonds. The number of carbonyl (C=O) groups is 1. The molecule has 3 aromatic rings. The number of rotatable bonds is 4. The van der Waals surface area contributed by atoms with Crippen LogP contribution in [-0.2, 0) is 0 Å². The van der Waals surface area contributed by atoms with Gasteiger partial charge >= 0.3 is 0 Å². The minimum absolute atomic E-state index is 0.0954. The molecule has 0 N–H and O–H groups in total. The standard InChI is InChI=1S/C31H35N3O3Si/c1-38(2,3)16-12-24-19-27(31(35)34-15-6-7-25(34)20-33-13-4-5-14-33)26-17-22(8-10-28(26)32-24)23-9-11-29-30(18-23)37-21-36-29/h8-11,17-19,25H,4-7,13-15,20-21H2,1-3H3/t25-/m0/s1. The first-order valence-corrected chi connectivity index (χ1v) is 17.3. The number of nitrogens with zero attached hydrogens (tertiary/aromatic N) is 3. The van der Waals surface area contributed by atoms with Gasteiger partial charge in [-0.25, -0.2) is 4.98 Å². The van der Waals surface area contributed by atoms with Crippen LogP contribution >= 0.6 is 0 Å². The molecule has 0 saturated carbocycles. The summed E-state index contributed by atoms with van der Waals surface area (Å²) < 4.78 is 11.1. The maximum absolute atomic E-state index is 14.2. The largest absolute Gasteiger partial charge is 0.454 e. The lowest BCUT2D eigenvalue weighted by molar-refractivity contribution is 0.0710. The normalized spacial score (nSPS) is 19.1. The summed E-state index contributed by atoms with van der Waals surface area (Å²) in [5.41, 5.74) is 7.64. The van der Waals surface area contributed by atoms with E-state index >= 15 is 0 Å². The maximum atomic E-state index is 14.2. The molecule has 0 unspecified atom stereocenters. The van der Waals surface area contributed by atoms with E-state index in [4.69, 9.17) is 14.5 Å². The Hall–Kier alpha value is -3.34. The van der Waals surface area contributed by atoms with Crippen molar-refractivity contribution in [2.75, 3.05) is 33.0 Å². The van der Waals surface area contributed by atoms with Crippen LogP contribution in [0.25, 0.3) is 22.0 Å². The zero-order valence-electron chi connectivity index (χ0n) is 22.5. The molecule has 6 rings (SSSR count). The van der Waals surface area contributed by atoms with E-state index in [1.165, 1.54) is 12.8 Å². The van der Waals surface area contributed by atoms with E-state index in [9.17, 15) is 4.79 Å². The van der Waals surface area contributed by atoms with Gasteiger partial charge < -0.3 is 19.3 Å². The van der Waals surface area contributed by atoms with E-state index in [-0.39, 0.29) is 18.7 Å². The van der Waals surface area contributed by atoms with Crippen molar-refractivity contribution < 1.29 is 14.3 Å². The Morgan fingerprint density at radius 2 is 1.74 bits per heavy atom. The van der Waals surface area contributed by atoms with Gasteiger partial charge in [0.05, 0.1) is 11.1 Å². The smallest absolute Gasteiger partial charge is 0.254 e. The zero-order chi connectivity index (χ0) is 26.3. The summed E-state index contributed by atoms with van der Waals surface area (Å²) >= 11 is 0. The van der Waals surface area contributed by atoms with Gasteiger partial charge in [0, 0.05) is 24.5 Å². The second-order valence-corrected chi connectivity index (χ2v) is 16.4. The molecule has 1 atom stereocenters. The van der Waals surface area contributed by atoms with E-state index in [2.05, 4.69) is 53.0 Å². The first-order chi connectivity index (χ1) is 18.3. The molecule has 0 radical (unpaired) electrons. The van der Waals surface area contributed by atoms with Crippen LogP contribution in [0.5, 0.6) is 11.5 Å². The fourth-order valence-electron chi connectivity index (χ4n) is 5.68. The van der Waals surface area contributed by atoms with Crippen molar-refractivity contribution in [1.29, 1.82) is 0 Å². The van der Waals surface area contributed by atoms with Gasteiger partial charge in [-0.05, 0) is 80.2 Å². The van der Waals surface area contributed by atoms with Crippen molar-refractivity contribution in [1.82, 2.24) is 14.8 Å². The van der Waals surface area contributed by atoms with Crippen molar-refractivity contribution >= 4 is 24.9 Å². The fraction of sp³-hybridized carbons (Fsp3) is 0.419. The van der Waals surface area contributed by atoms with Crippen LogP contribution in [0.2, 0.25) is 19.6 Å². The van der Waals surface area contributed by atoms with E-state index in [0.29, 0.717) is 11.3 Å². The van der Waals surface area contributed by atoms with Gasteiger partial charge in [-0.15, -0.1) is 5.54 Å². The van der Waals surface area contributed by atoms with Crippen molar-refractivity contribution in [2.45, 2.75) is 51.4 Å². The Balaban J connectivity index is 1.41. The molecule has 2 aromatic carbocycles. The van der Waals surface area contributed by atoms with Gasteiger partial charge in [-0.1, -0.05) is 37.7 Å².